The summed E-state index contributed by atoms with van der Waals surface area (Å²) < 4.78 is 1.82. The number of rotatable bonds is 6. The van der Waals surface area contributed by atoms with Gasteiger partial charge in [-0.25, -0.2) is 4.98 Å². The van der Waals surface area contributed by atoms with E-state index in [1.807, 2.05) is 24.7 Å². The van der Waals surface area contributed by atoms with Gasteiger partial charge in [-0.2, -0.15) is 0 Å². The highest BCUT2D eigenvalue weighted by Gasteiger charge is 2.16. The number of carbonyl (C=O) groups is 1. The minimum Gasteiger partial charge on any atom is -0.481 e. The van der Waals surface area contributed by atoms with Crippen molar-refractivity contribution in [2.75, 3.05) is 11.9 Å². The standard InChI is InChI=1S/C10H17N3O2/c1-3-4-8(9(14)15)7-12-10-11-5-6-13(10)2/h5-6,8H,3-4,7H2,1-2H3,(H,11,12)(H,14,15). The maximum atomic E-state index is 10.9. The number of aromatic nitrogens is 2. The second kappa shape index (κ2) is 5.38. The maximum Gasteiger partial charge on any atom is 0.308 e. The molecule has 0 amide bonds. The molecule has 1 rings (SSSR count). The van der Waals surface area contributed by atoms with Crippen LogP contribution in [0.4, 0.5) is 5.95 Å². The monoisotopic (exact) mass is 211 g/mol. The fourth-order valence-electron chi connectivity index (χ4n) is 1.41. The molecule has 0 spiro atoms. The Kier molecular flexibility index (Phi) is 4.15. The van der Waals surface area contributed by atoms with E-state index in [0.717, 1.165) is 6.42 Å². The summed E-state index contributed by atoms with van der Waals surface area (Å²) in [6.45, 7) is 2.41. The van der Waals surface area contributed by atoms with Crippen molar-refractivity contribution >= 4 is 11.9 Å². The van der Waals surface area contributed by atoms with E-state index in [1.54, 1.807) is 6.20 Å². The number of carboxylic acid groups (broad SMARTS) is 1. The molecule has 84 valence electrons. The number of anilines is 1. The number of aryl methyl sites for hydroxylation is 1. The summed E-state index contributed by atoms with van der Waals surface area (Å²) in [5.41, 5.74) is 0. The van der Waals surface area contributed by atoms with Gasteiger partial charge in [0.1, 0.15) is 0 Å². The van der Waals surface area contributed by atoms with Gasteiger partial charge in [-0.1, -0.05) is 13.3 Å². The highest BCUT2D eigenvalue weighted by molar-refractivity contribution is 5.70. The van der Waals surface area contributed by atoms with Crippen molar-refractivity contribution in [3.8, 4) is 0 Å². The molecule has 1 atom stereocenters. The molecule has 0 aromatic carbocycles. The first-order valence-corrected chi connectivity index (χ1v) is 5.09. The molecule has 1 aromatic heterocycles. The van der Waals surface area contributed by atoms with Crippen LogP contribution in [0.15, 0.2) is 12.4 Å². The van der Waals surface area contributed by atoms with Crippen molar-refractivity contribution < 1.29 is 9.90 Å². The predicted molar refractivity (Wildman–Crippen MR) is 57.7 cm³/mol. The topological polar surface area (TPSA) is 67.2 Å². The van der Waals surface area contributed by atoms with E-state index in [9.17, 15) is 4.79 Å². The van der Waals surface area contributed by atoms with Crippen LogP contribution < -0.4 is 5.32 Å². The van der Waals surface area contributed by atoms with Crippen LogP contribution in [0.25, 0.3) is 0 Å². The molecule has 0 bridgehead atoms. The third kappa shape index (κ3) is 3.27. The normalized spacial score (nSPS) is 12.4. The molecule has 5 heteroatoms. The number of carboxylic acids is 1. The Morgan fingerprint density at radius 1 is 1.73 bits per heavy atom. The number of nitrogens with one attached hydrogen (secondary N) is 1. The summed E-state index contributed by atoms with van der Waals surface area (Å²) in [7, 11) is 1.87. The Morgan fingerprint density at radius 3 is 2.93 bits per heavy atom. The van der Waals surface area contributed by atoms with E-state index in [4.69, 9.17) is 5.11 Å². The maximum absolute atomic E-state index is 10.9. The largest absolute Gasteiger partial charge is 0.481 e. The highest BCUT2D eigenvalue weighted by atomic mass is 16.4. The van der Waals surface area contributed by atoms with E-state index < -0.39 is 5.97 Å². The Hall–Kier alpha value is -1.52. The first-order valence-electron chi connectivity index (χ1n) is 5.09. The molecular formula is C10H17N3O2. The van der Waals surface area contributed by atoms with Crippen molar-refractivity contribution in [3.63, 3.8) is 0 Å². The van der Waals surface area contributed by atoms with Crippen LogP contribution in [0.1, 0.15) is 19.8 Å². The van der Waals surface area contributed by atoms with Gasteiger partial charge in [-0.05, 0) is 6.42 Å². The zero-order valence-electron chi connectivity index (χ0n) is 9.10. The van der Waals surface area contributed by atoms with Gasteiger partial charge in [-0.15, -0.1) is 0 Å². The van der Waals surface area contributed by atoms with Crippen LogP contribution in [0, 0.1) is 5.92 Å². The van der Waals surface area contributed by atoms with E-state index in [2.05, 4.69) is 10.3 Å². The second-order valence-corrected chi connectivity index (χ2v) is 3.57. The van der Waals surface area contributed by atoms with Gasteiger partial charge in [0.25, 0.3) is 0 Å². The highest BCUT2D eigenvalue weighted by Crippen LogP contribution is 2.08. The van der Waals surface area contributed by atoms with Crippen molar-refractivity contribution in [2.45, 2.75) is 19.8 Å². The number of hydrogen-bond acceptors (Lipinski definition) is 3. The molecule has 0 saturated carbocycles. The second-order valence-electron chi connectivity index (χ2n) is 3.57. The number of nitrogens with zero attached hydrogens (tertiary/aromatic N) is 2. The van der Waals surface area contributed by atoms with E-state index in [1.165, 1.54) is 0 Å². The number of hydrogen-bond donors (Lipinski definition) is 2. The van der Waals surface area contributed by atoms with E-state index in [0.29, 0.717) is 18.9 Å². The first kappa shape index (κ1) is 11.6. The summed E-state index contributed by atoms with van der Waals surface area (Å²) in [6, 6.07) is 0. The molecule has 15 heavy (non-hydrogen) atoms. The first-order chi connectivity index (χ1) is 7.15. The van der Waals surface area contributed by atoms with Gasteiger partial charge in [0.05, 0.1) is 5.92 Å². The SMILES string of the molecule is CCCC(CNc1nccn1C)C(=O)O. The van der Waals surface area contributed by atoms with E-state index in [-0.39, 0.29) is 5.92 Å². The molecule has 0 saturated heterocycles. The van der Waals surface area contributed by atoms with Crippen LogP contribution in [0.2, 0.25) is 0 Å². The Balaban J connectivity index is 2.47. The van der Waals surface area contributed by atoms with E-state index >= 15 is 0 Å². The lowest BCUT2D eigenvalue weighted by Gasteiger charge is -2.12. The van der Waals surface area contributed by atoms with Gasteiger partial charge in [0, 0.05) is 26.0 Å². The number of aliphatic carboxylic acids is 1. The van der Waals surface area contributed by atoms with Crippen LogP contribution in [-0.4, -0.2) is 27.2 Å². The van der Waals surface area contributed by atoms with Gasteiger partial charge in [0.2, 0.25) is 5.95 Å². The molecule has 0 radical (unpaired) electrons. The molecule has 5 nitrogen and oxygen atoms in total. The van der Waals surface area contributed by atoms with Crippen LogP contribution in [0.5, 0.6) is 0 Å². The smallest absolute Gasteiger partial charge is 0.308 e. The summed E-state index contributed by atoms with van der Waals surface area (Å²) in [4.78, 5) is 14.9. The van der Waals surface area contributed by atoms with Crippen molar-refractivity contribution in [3.05, 3.63) is 12.4 Å². The summed E-state index contributed by atoms with van der Waals surface area (Å²) >= 11 is 0. The van der Waals surface area contributed by atoms with Gasteiger partial charge < -0.3 is 15.0 Å². The summed E-state index contributed by atoms with van der Waals surface area (Å²) in [5, 5.41) is 12.0. The summed E-state index contributed by atoms with van der Waals surface area (Å²) in [6.07, 6.45) is 5.06. The average Bonchev–Trinajstić information content (AvgIpc) is 2.58. The lowest BCUT2D eigenvalue weighted by atomic mass is 10.0. The molecule has 0 fully saturated rings. The fourth-order valence-corrected chi connectivity index (χ4v) is 1.41. The molecule has 0 aliphatic rings. The quantitative estimate of drug-likeness (QED) is 0.745. The third-order valence-corrected chi connectivity index (χ3v) is 2.31. The predicted octanol–water partition coefficient (Wildman–Crippen LogP) is 1.33. The fraction of sp³-hybridized carbons (Fsp3) is 0.600. The van der Waals surface area contributed by atoms with Crippen molar-refractivity contribution in [1.82, 2.24) is 9.55 Å². The molecule has 1 aromatic rings. The molecule has 1 heterocycles. The lowest BCUT2D eigenvalue weighted by Crippen LogP contribution is -2.23. The molecule has 0 aliphatic carbocycles. The third-order valence-electron chi connectivity index (χ3n) is 2.31. The zero-order chi connectivity index (χ0) is 11.3. The molecular weight excluding hydrogens is 194 g/mol. The van der Waals surface area contributed by atoms with Gasteiger partial charge in [0.15, 0.2) is 0 Å². The zero-order valence-corrected chi connectivity index (χ0v) is 9.10. The average molecular weight is 211 g/mol. The number of imidazole rings is 1. The minimum atomic E-state index is -0.751. The Labute approximate surface area is 89.1 Å². The summed E-state index contributed by atoms with van der Waals surface area (Å²) in [5.74, 6) is -0.386. The minimum absolute atomic E-state index is 0.341. The lowest BCUT2D eigenvalue weighted by molar-refractivity contribution is -0.141. The van der Waals surface area contributed by atoms with Gasteiger partial charge >= 0.3 is 5.97 Å². The van der Waals surface area contributed by atoms with Crippen LogP contribution in [-0.2, 0) is 11.8 Å². The van der Waals surface area contributed by atoms with Crippen LogP contribution >= 0.6 is 0 Å². The van der Waals surface area contributed by atoms with Crippen molar-refractivity contribution in [1.29, 1.82) is 0 Å². The van der Waals surface area contributed by atoms with Crippen LogP contribution in [0.3, 0.4) is 0 Å². The molecule has 2 N–H and O–H groups in total. The Bertz CT molecular complexity index is 322. The van der Waals surface area contributed by atoms with Crippen molar-refractivity contribution in [2.24, 2.45) is 13.0 Å². The molecule has 1 unspecified atom stereocenters. The molecule has 0 aliphatic heterocycles. The Morgan fingerprint density at radius 2 is 2.47 bits per heavy atom. The van der Waals surface area contributed by atoms with Gasteiger partial charge in [-0.3, -0.25) is 4.79 Å².